The molecule has 0 saturated heterocycles. The first-order chi connectivity index (χ1) is 10.1. The smallest absolute Gasteiger partial charge is 0.264 e. The predicted octanol–water partition coefficient (Wildman–Crippen LogP) is 2.01. The molecule has 0 amide bonds. The summed E-state index contributed by atoms with van der Waals surface area (Å²) in [5.41, 5.74) is 0. The lowest BCUT2D eigenvalue weighted by molar-refractivity contribution is 0.287. The molecule has 2 aromatic rings. The maximum Gasteiger partial charge on any atom is 0.264 e. The normalized spacial score (nSPS) is 11.1. The molecule has 0 spiro atoms. The molecule has 0 radical (unpaired) electrons. The summed E-state index contributed by atoms with van der Waals surface area (Å²) in [6.45, 7) is 4.54. The van der Waals surface area contributed by atoms with Crippen LogP contribution >= 0.6 is 0 Å². The summed E-state index contributed by atoms with van der Waals surface area (Å²) < 4.78 is 37.7. The number of nitrogens with one attached hydrogen (secondary N) is 2. The summed E-state index contributed by atoms with van der Waals surface area (Å²) in [6, 6.07) is 4.46. The fourth-order valence-electron chi connectivity index (χ4n) is 1.71. The molecule has 7 nitrogen and oxygen atoms in total. The van der Waals surface area contributed by atoms with Gasteiger partial charge in [-0.2, -0.15) is 0 Å². The highest BCUT2D eigenvalue weighted by atomic mass is 32.2. The number of nitrogens with zero attached hydrogens (tertiary/aromatic N) is 1. The van der Waals surface area contributed by atoms with E-state index < -0.39 is 10.0 Å². The highest BCUT2D eigenvalue weighted by Crippen LogP contribution is 2.30. The highest BCUT2D eigenvalue weighted by molar-refractivity contribution is 7.92. The summed E-state index contributed by atoms with van der Waals surface area (Å²) in [7, 11) is -3.74. The Hall–Kier alpha value is -2.22. The Morgan fingerprint density at radius 2 is 1.90 bits per heavy atom. The zero-order chi connectivity index (χ0) is 15.3. The molecule has 0 unspecified atom stereocenters. The minimum Gasteiger partial charge on any atom is -0.490 e. The van der Waals surface area contributed by atoms with Gasteiger partial charge in [0.15, 0.2) is 11.5 Å². The first kappa shape index (κ1) is 15.2. The predicted molar refractivity (Wildman–Crippen MR) is 78.2 cm³/mol. The molecular formula is C13H17N3O4S. The van der Waals surface area contributed by atoms with Gasteiger partial charge in [0, 0.05) is 18.5 Å². The molecule has 21 heavy (non-hydrogen) atoms. The summed E-state index contributed by atoms with van der Waals surface area (Å²) in [5.74, 6) is 1.06. The summed E-state index contributed by atoms with van der Waals surface area (Å²) >= 11 is 0. The van der Waals surface area contributed by atoms with Crippen molar-refractivity contribution in [1.29, 1.82) is 0 Å². The van der Waals surface area contributed by atoms with Crippen molar-refractivity contribution >= 4 is 16.0 Å². The maximum absolute atomic E-state index is 12.3. The number of aromatic nitrogens is 2. The molecule has 2 N–H and O–H groups in total. The van der Waals surface area contributed by atoms with Gasteiger partial charge in [0.25, 0.3) is 10.0 Å². The van der Waals surface area contributed by atoms with Crippen molar-refractivity contribution in [1.82, 2.24) is 9.97 Å². The Bertz CT molecular complexity index is 683. The van der Waals surface area contributed by atoms with Crippen molar-refractivity contribution in [3.8, 4) is 11.5 Å². The third-order valence-electron chi connectivity index (χ3n) is 2.55. The first-order valence-electron chi connectivity index (χ1n) is 6.48. The number of hydrogen-bond acceptors (Lipinski definition) is 5. The van der Waals surface area contributed by atoms with Crippen LogP contribution in [0.25, 0.3) is 0 Å². The maximum atomic E-state index is 12.3. The van der Waals surface area contributed by atoms with Crippen LogP contribution in [-0.4, -0.2) is 31.6 Å². The van der Waals surface area contributed by atoms with Gasteiger partial charge in [-0.3, -0.25) is 0 Å². The number of aromatic amines is 1. The van der Waals surface area contributed by atoms with E-state index >= 15 is 0 Å². The molecule has 0 saturated carbocycles. The van der Waals surface area contributed by atoms with Gasteiger partial charge in [0.2, 0.25) is 5.95 Å². The molecule has 1 aromatic heterocycles. The van der Waals surface area contributed by atoms with Crippen molar-refractivity contribution in [2.24, 2.45) is 0 Å². The molecule has 0 aliphatic carbocycles. The van der Waals surface area contributed by atoms with E-state index in [0.29, 0.717) is 24.7 Å². The Balaban J connectivity index is 2.32. The number of hydrogen-bond donors (Lipinski definition) is 2. The minimum absolute atomic E-state index is 0.0748. The van der Waals surface area contributed by atoms with Crippen LogP contribution in [-0.2, 0) is 10.0 Å². The Morgan fingerprint density at radius 1 is 1.19 bits per heavy atom. The zero-order valence-electron chi connectivity index (χ0n) is 11.8. The van der Waals surface area contributed by atoms with Gasteiger partial charge in [-0.1, -0.05) is 0 Å². The molecule has 0 aliphatic rings. The number of anilines is 1. The SMILES string of the molecule is CCOc1ccc(S(=O)(=O)Nc2ncc[nH]2)cc1OCC. The van der Waals surface area contributed by atoms with Gasteiger partial charge in [0.1, 0.15) is 0 Å². The molecule has 0 fully saturated rings. The molecule has 1 aromatic carbocycles. The first-order valence-corrected chi connectivity index (χ1v) is 7.97. The fourth-order valence-corrected chi connectivity index (χ4v) is 2.70. The van der Waals surface area contributed by atoms with Crippen LogP contribution in [0.4, 0.5) is 5.95 Å². The van der Waals surface area contributed by atoms with Crippen molar-refractivity contribution in [3.05, 3.63) is 30.6 Å². The number of benzene rings is 1. The summed E-state index contributed by atoms with van der Waals surface area (Å²) in [4.78, 5) is 6.58. The average Bonchev–Trinajstić information content (AvgIpc) is 2.93. The minimum atomic E-state index is -3.74. The molecular weight excluding hydrogens is 294 g/mol. The van der Waals surface area contributed by atoms with E-state index in [2.05, 4.69) is 14.7 Å². The number of sulfonamides is 1. The van der Waals surface area contributed by atoms with Crippen LogP contribution in [0.3, 0.4) is 0 Å². The monoisotopic (exact) mass is 311 g/mol. The zero-order valence-corrected chi connectivity index (χ0v) is 12.6. The molecule has 2 rings (SSSR count). The quantitative estimate of drug-likeness (QED) is 0.816. The van der Waals surface area contributed by atoms with E-state index in [1.165, 1.54) is 24.5 Å². The Morgan fingerprint density at radius 3 is 2.52 bits per heavy atom. The number of H-pyrrole nitrogens is 1. The largest absolute Gasteiger partial charge is 0.490 e. The van der Waals surface area contributed by atoms with Crippen LogP contribution in [0, 0.1) is 0 Å². The van der Waals surface area contributed by atoms with Crippen LogP contribution in [0.1, 0.15) is 13.8 Å². The third-order valence-corrected chi connectivity index (χ3v) is 3.89. The van der Waals surface area contributed by atoms with E-state index in [9.17, 15) is 8.42 Å². The second-order valence-electron chi connectivity index (χ2n) is 4.02. The summed E-state index contributed by atoms with van der Waals surface area (Å²) in [5, 5.41) is 0. The van der Waals surface area contributed by atoms with Crippen LogP contribution in [0.5, 0.6) is 11.5 Å². The van der Waals surface area contributed by atoms with Gasteiger partial charge >= 0.3 is 0 Å². The molecule has 0 bridgehead atoms. The molecule has 0 atom stereocenters. The lowest BCUT2D eigenvalue weighted by atomic mass is 10.3. The number of rotatable bonds is 7. The summed E-state index contributed by atoms with van der Waals surface area (Å²) in [6.07, 6.45) is 2.99. The van der Waals surface area contributed by atoms with E-state index in [4.69, 9.17) is 9.47 Å². The lowest BCUT2D eigenvalue weighted by Gasteiger charge is -2.12. The van der Waals surface area contributed by atoms with E-state index in [-0.39, 0.29) is 10.8 Å². The van der Waals surface area contributed by atoms with Crippen molar-refractivity contribution in [3.63, 3.8) is 0 Å². The van der Waals surface area contributed by atoms with Gasteiger partial charge in [-0.25, -0.2) is 18.1 Å². The number of imidazole rings is 1. The molecule has 8 heteroatoms. The average molecular weight is 311 g/mol. The molecule has 0 aliphatic heterocycles. The topological polar surface area (TPSA) is 93.3 Å². The second-order valence-corrected chi connectivity index (χ2v) is 5.70. The van der Waals surface area contributed by atoms with Gasteiger partial charge < -0.3 is 14.5 Å². The second kappa shape index (κ2) is 6.49. The van der Waals surface area contributed by atoms with E-state index in [1.807, 2.05) is 13.8 Å². The standard InChI is InChI=1S/C13H17N3O4S/c1-3-19-11-6-5-10(9-12(11)20-4-2)21(17,18)16-13-14-7-8-15-13/h5-9H,3-4H2,1-2H3,(H2,14,15,16). The van der Waals surface area contributed by atoms with Gasteiger partial charge in [-0.15, -0.1) is 0 Å². The van der Waals surface area contributed by atoms with Crippen molar-refractivity contribution < 1.29 is 17.9 Å². The Labute approximate surface area is 123 Å². The Kier molecular flexibility index (Phi) is 4.69. The van der Waals surface area contributed by atoms with Crippen molar-refractivity contribution in [2.45, 2.75) is 18.7 Å². The highest BCUT2D eigenvalue weighted by Gasteiger charge is 2.18. The number of ether oxygens (including phenoxy) is 2. The van der Waals surface area contributed by atoms with Gasteiger partial charge in [0.05, 0.1) is 18.1 Å². The molecule has 1 heterocycles. The van der Waals surface area contributed by atoms with Crippen LogP contribution in [0.2, 0.25) is 0 Å². The van der Waals surface area contributed by atoms with E-state index in [0.717, 1.165) is 0 Å². The van der Waals surface area contributed by atoms with Gasteiger partial charge in [-0.05, 0) is 26.0 Å². The van der Waals surface area contributed by atoms with E-state index in [1.54, 1.807) is 6.07 Å². The fraction of sp³-hybridized carbons (Fsp3) is 0.308. The molecule has 114 valence electrons. The van der Waals surface area contributed by atoms with Crippen LogP contribution < -0.4 is 14.2 Å². The lowest BCUT2D eigenvalue weighted by Crippen LogP contribution is -2.14. The van der Waals surface area contributed by atoms with Crippen molar-refractivity contribution in [2.75, 3.05) is 17.9 Å². The van der Waals surface area contributed by atoms with Crippen LogP contribution in [0.15, 0.2) is 35.5 Å². The third kappa shape index (κ3) is 3.66.